The Balaban J connectivity index is 2.02. The van der Waals surface area contributed by atoms with E-state index < -0.39 is 0 Å². The van der Waals surface area contributed by atoms with Crippen molar-refractivity contribution in [3.05, 3.63) is 12.2 Å². The lowest BCUT2D eigenvalue weighted by molar-refractivity contribution is -0.208. The van der Waals surface area contributed by atoms with Crippen molar-refractivity contribution in [1.82, 2.24) is 0 Å². The summed E-state index contributed by atoms with van der Waals surface area (Å²) >= 11 is 0. The minimum absolute atomic E-state index is 0.0480. The first-order chi connectivity index (χ1) is 5.73. The number of carbonyl (C=O) groups excluding carboxylic acids is 1. The Morgan fingerprint density at radius 1 is 1.58 bits per heavy atom. The van der Waals surface area contributed by atoms with E-state index >= 15 is 0 Å². The lowest BCUT2D eigenvalue weighted by atomic mass is 9.68. The zero-order valence-electron chi connectivity index (χ0n) is 7.12. The highest BCUT2D eigenvalue weighted by Crippen LogP contribution is 2.59. The molecule has 4 atom stereocenters. The lowest BCUT2D eigenvalue weighted by Gasteiger charge is -2.46. The van der Waals surface area contributed by atoms with Crippen LogP contribution in [0.2, 0.25) is 0 Å². The van der Waals surface area contributed by atoms with Crippen LogP contribution >= 0.6 is 0 Å². The number of hydrogen-bond acceptors (Lipinski definition) is 2. The fourth-order valence-electron chi connectivity index (χ4n) is 3.08. The van der Waals surface area contributed by atoms with Gasteiger partial charge in [0.1, 0.15) is 11.5 Å². The van der Waals surface area contributed by atoms with E-state index in [1.165, 1.54) is 6.42 Å². The first-order valence-electron chi connectivity index (χ1n) is 4.63. The average Bonchev–Trinajstić information content (AvgIpc) is 2.63. The summed E-state index contributed by atoms with van der Waals surface area (Å²) in [7, 11) is 0. The fourth-order valence-corrected chi connectivity index (χ4v) is 3.08. The van der Waals surface area contributed by atoms with Crippen LogP contribution in [-0.4, -0.2) is 12.1 Å². The normalized spacial score (nSPS) is 54.4. The third kappa shape index (κ3) is 0.501. The molecule has 1 aliphatic heterocycles. The van der Waals surface area contributed by atoms with Crippen LogP contribution in [0, 0.1) is 17.3 Å². The number of hydrogen-bond donors (Lipinski definition) is 0. The van der Waals surface area contributed by atoms with E-state index in [4.69, 9.17) is 4.74 Å². The Bertz CT molecular complexity index is 282. The van der Waals surface area contributed by atoms with Gasteiger partial charge in [0.05, 0.1) is 0 Å². The topological polar surface area (TPSA) is 26.3 Å². The zero-order valence-corrected chi connectivity index (χ0v) is 7.12. The van der Waals surface area contributed by atoms with Gasteiger partial charge in [0.25, 0.3) is 0 Å². The second-order valence-corrected chi connectivity index (χ2v) is 4.28. The van der Waals surface area contributed by atoms with Crippen molar-refractivity contribution in [3.63, 3.8) is 0 Å². The van der Waals surface area contributed by atoms with Crippen LogP contribution in [0.25, 0.3) is 0 Å². The molecule has 0 radical (unpaired) electrons. The van der Waals surface area contributed by atoms with Crippen LogP contribution in [0.1, 0.15) is 19.8 Å². The molecule has 12 heavy (non-hydrogen) atoms. The maximum atomic E-state index is 11.4. The summed E-state index contributed by atoms with van der Waals surface area (Å²) in [6, 6.07) is 0. The number of esters is 1. The van der Waals surface area contributed by atoms with Gasteiger partial charge >= 0.3 is 5.97 Å². The average molecular weight is 164 g/mol. The van der Waals surface area contributed by atoms with Crippen molar-refractivity contribution in [2.24, 2.45) is 17.3 Å². The molecule has 1 saturated carbocycles. The first-order valence-corrected chi connectivity index (χ1v) is 4.63. The summed E-state index contributed by atoms with van der Waals surface area (Å²) in [4.78, 5) is 11.4. The maximum absolute atomic E-state index is 11.4. The van der Waals surface area contributed by atoms with Crippen molar-refractivity contribution in [1.29, 1.82) is 0 Å². The van der Waals surface area contributed by atoms with Crippen LogP contribution in [0.4, 0.5) is 0 Å². The zero-order chi connectivity index (χ0) is 8.34. The highest BCUT2D eigenvalue weighted by Gasteiger charge is 2.64. The number of rotatable bonds is 0. The summed E-state index contributed by atoms with van der Waals surface area (Å²) in [5.74, 6) is 1.19. The molecule has 1 saturated heterocycles. The molecule has 64 valence electrons. The van der Waals surface area contributed by atoms with Gasteiger partial charge in [0, 0.05) is 0 Å². The molecule has 2 aliphatic carbocycles. The molecule has 1 spiro atoms. The van der Waals surface area contributed by atoms with E-state index in [0.717, 1.165) is 6.42 Å². The van der Waals surface area contributed by atoms with Crippen molar-refractivity contribution in [3.8, 4) is 0 Å². The molecular formula is C10H12O2. The molecule has 0 aromatic rings. The van der Waals surface area contributed by atoms with Crippen LogP contribution in [0.15, 0.2) is 12.2 Å². The van der Waals surface area contributed by atoms with Crippen LogP contribution in [0.3, 0.4) is 0 Å². The number of fused-ring (bicyclic) bond motifs is 3. The van der Waals surface area contributed by atoms with Gasteiger partial charge in [-0.05, 0) is 31.6 Å². The van der Waals surface area contributed by atoms with Crippen molar-refractivity contribution < 1.29 is 9.53 Å². The Hall–Kier alpha value is -0.790. The van der Waals surface area contributed by atoms with Crippen molar-refractivity contribution in [2.45, 2.75) is 25.9 Å². The molecule has 2 nitrogen and oxygen atoms in total. The summed E-state index contributed by atoms with van der Waals surface area (Å²) in [5.41, 5.74) is -0.0978. The maximum Gasteiger partial charge on any atom is 0.316 e. The fraction of sp³-hybridized carbons (Fsp3) is 0.700. The van der Waals surface area contributed by atoms with Crippen LogP contribution < -0.4 is 0 Å². The molecule has 0 aromatic heterocycles. The number of ether oxygens (including phenoxy) is 1. The summed E-state index contributed by atoms with van der Waals surface area (Å²) in [5, 5.41) is 0. The SMILES string of the molecule is CC1OC(=O)C12CC1C=CC2C1. The van der Waals surface area contributed by atoms with Gasteiger partial charge in [-0.3, -0.25) is 4.79 Å². The number of cyclic esters (lactones) is 1. The Labute approximate surface area is 71.6 Å². The van der Waals surface area contributed by atoms with E-state index in [0.29, 0.717) is 11.8 Å². The molecule has 3 rings (SSSR count). The summed E-state index contributed by atoms with van der Waals surface area (Å²) in [6.45, 7) is 2.02. The molecule has 2 heteroatoms. The van der Waals surface area contributed by atoms with Crippen LogP contribution in [-0.2, 0) is 9.53 Å². The molecule has 0 N–H and O–H groups in total. The molecule has 3 aliphatic rings. The van der Waals surface area contributed by atoms with Gasteiger partial charge < -0.3 is 4.74 Å². The Morgan fingerprint density at radius 3 is 2.75 bits per heavy atom. The standard InChI is InChI=1S/C10H12O2/c1-6-10(9(11)12-6)5-7-2-3-8(10)4-7/h2-3,6-8H,4-5H2,1H3. The van der Waals surface area contributed by atoms with Gasteiger partial charge in [-0.25, -0.2) is 0 Å². The summed E-state index contributed by atoms with van der Waals surface area (Å²) < 4.78 is 5.06. The van der Waals surface area contributed by atoms with E-state index in [1.807, 2.05) is 6.92 Å². The lowest BCUT2D eigenvalue weighted by Crippen LogP contribution is -2.57. The van der Waals surface area contributed by atoms with Crippen molar-refractivity contribution in [2.75, 3.05) is 0 Å². The van der Waals surface area contributed by atoms with Crippen LogP contribution in [0.5, 0.6) is 0 Å². The third-order valence-electron chi connectivity index (χ3n) is 3.82. The van der Waals surface area contributed by atoms with Gasteiger partial charge in [0.15, 0.2) is 0 Å². The predicted octanol–water partition coefficient (Wildman–Crippen LogP) is 1.51. The Morgan fingerprint density at radius 2 is 2.42 bits per heavy atom. The molecule has 2 fully saturated rings. The molecule has 2 bridgehead atoms. The quantitative estimate of drug-likeness (QED) is 0.400. The highest BCUT2D eigenvalue weighted by molar-refractivity contribution is 5.84. The second-order valence-electron chi connectivity index (χ2n) is 4.28. The minimum Gasteiger partial charge on any atom is -0.461 e. The molecule has 0 amide bonds. The largest absolute Gasteiger partial charge is 0.461 e. The van der Waals surface area contributed by atoms with E-state index in [-0.39, 0.29) is 17.5 Å². The number of allylic oxidation sites excluding steroid dienone is 2. The third-order valence-corrected chi connectivity index (χ3v) is 3.82. The highest BCUT2D eigenvalue weighted by atomic mass is 16.6. The monoisotopic (exact) mass is 164 g/mol. The van der Waals surface area contributed by atoms with Gasteiger partial charge in [-0.2, -0.15) is 0 Å². The summed E-state index contributed by atoms with van der Waals surface area (Å²) in [6.07, 6.45) is 6.84. The predicted molar refractivity (Wildman–Crippen MR) is 43.3 cm³/mol. The van der Waals surface area contributed by atoms with E-state index in [2.05, 4.69) is 12.2 Å². The number of carbonyl (C=O) groups is 1. The van der Waals surface area contributed by atoms with E-state index in [1.54, 1.807) is 0 Å². The molecular weight excluding hydrogens is 152 g/mol. The smallest absolute Gasteiger partial charge is 0.316 e. The van der Waals surface area contributed by atoms with Gasteiger partial charge in [-0.15, -0.1) is 0 Å². The second kappa shape index (κ2) is 1.76. The Kier molecular flexibility index (Phi) is 0.980. The van der Waals surface area contributed by atoms with Gasteiger partial charge in [-0.1, -0.05) is 12.2 Å². The first kappa shape index (κ1) is 6.70. The molecule has 0 aromatic carbocycles. The van der Waals surface area contributed by atoms with Gasteiger partial charge in [0.2, 0.25) is 0 Å². The van der Waals surface area contributed by atoms with Crippen molar-refractivity contribution >= 4 is 5.97 Å². The minimum atomic E-state index is -0.0978. The molecule has 4 unspecified atom stereocenters. The van der Waals surface area contributed by atoms with E-state index in [9.17, 15) is 4.79 Å². The molecule has 1 heterocycles.